The van der Waals surface area contributed by atoms with E-state index in [0.29, 0.717) is 13.0 Å². The van der Waals surface area contributed by atoms with Gasteiger partial charge < -0.3 is 19.9 Å². The number of alkyl halides is 3. The van der Waals surface area contributed by atoms with Crippen LogP contribution in [0.15, 0.2) is 12.1 Å². The van der Waals surface area contributed by atoms with Gasteiger partial charge in [-0.3, -0.25) is 4.79 Å². The lowest BCUT2D eigenvalue weighted by molar-refractivity contribution is -0.157. The fourth-order valence-corrected chi connectivity index (χ4v) is 2.24. The van der Waals surface area contributed by atoms with Crippen LogP contribution < -0.4 is 14.8 Å². The minimum Gasteiger partial charge on any atom is -0.490 e. The molecule has 0 heterocycles. The number of ether oxygens (including phenoxy) is 2. The number of amides is 1. The predicted octanol–water partition coefficient (Wildman–Crippen LogP) is 3.66. The van der Waals surface area contributed by atoms with Gasteiger partial charge >= 0.3 is 12.1 Å². The molecule has 0 spiro atoms. The zero-order valence-electron chi connectivity index (χ0n) is 14.2. The normalized spacial score (nSPS) is 12.4. The number of carboxylic acid groups (broad SMARTS) is 1. The zero-order chi connectivity index (χ0) is 19.9. The van der Waals surface area contributed by atoms with Gasteiger partial charge in [0, 0.05) is 5.56 Å². The van der Waals surface area contributed by atoms with Crippen LogP contribution in [0.25, 0.3) is 0 Å². The molecule has 1 aromatic rings. The van der Waals surface area contributed by atoms with Gasteiger partial charge in [0.05, 0.1) is 24.7 Å². The van der Waals surface area contributed by atoms with E-state index >= 15 is 0 Å². The Morgan fingerprint density at radius 2 is 1.92 bits per heavy atom. The number of carbonyl (C=O) groups excluding carboxylic acids is 1. The van der Waals surface area contributed by atoms with Crippen LogP contribution in [0.3, 0.4) is 0 Å². The number of hydrogen-bond donors (Lipinski definition) is 2. The summed E-state index contributed by atoms with van der Waals surface area (Å²) in [5.74, 6) is -2.47. The molecule has 0 aliphatic heterocycles. The van der Waals surface area contributed by atoms with Gasteiger partial charge in [-0.25, -0.2) is 4.79 Å². The van der Waals surface area contributed by atoms with Crippen molar-refractivity contribution in [2.24, 2.45) is 0 Å². The van der Waals surface area contributed by atoms with Crippen LogP contribution in [0.5, 0.6) is 11.5 Å². The van der Waals surface area contributed by atoms with Crippen LogP contribution in [-0.4, -0.2) is 42.4 Å². The van der Waals surface area contributed by atoms with Crippen LogP contribution in [0.1, 0.15) is 37.0 Å². The molecule has 1 amide bonds. The van der Waals surface area contributed by atoms with Crippen LogP contribution in [0.2, 0.25) is 5.02 Å². The maximum atomic E-state index is 12.4. The molecule has 146 valence electrons. The number of nitrogens with one attached hydrogen (secondary N) is 1. The van der Waals surface area contributed by atoms with E-state index in [-0.39, 0.29) is 28.7 Å². The lowest BCUT2D eigenvalue weighted by Crippen LogP contribution is -2.43. The highest BCUT2D eigenvalue weighted by atomic mass is 35.5. The average molecular weight is 398 g/mol. The third-order valence-electron chi connectivity index (χ3n) is 3.06. The number of halogens is 4. The van der Waals surface area contributed by atoms with E-state index in [2.05, 4.69) is 0 Å². The molecule has 10 heteroatoms. The zero-order valence-corrected chi connectivity index (χ0v) is 14.9. The molecule has 2 N–H and O–H groups in total. The SMILES string of the molecule is CCCOc1c(Cl)cc(C(=O)NC(CC(F)(F)F)C(=O)O)cc1OCC. The first-order chi connectivity index (χ1) is 12.1. The van der Waals surface area contributed by atoms with E-state index in [4.69, 9.17) is 26.2 Å². The number of carbonyl (C=O) groups is 2. The number of hydrogen-bond acceptors (Lipinski definition) is 4. The quantitative estimate of drug-likeness (QED) is 0.664. The van der Waals surface area contributed by atoms with Gasteiger partial charge in [0.15, 0.2) is 11.5 Å². The van der Waals surface area contributed by atoms with E-state index in [1.165, 1.54) is 12.1 Å². The topological polar surface area (TPSA) is 84.9 Å². The molecule has 0 radical (unpaired) electrons. The van der Waals surface area contributed by atoms with Crippen molar-refractivity contribution in [1.82, 2.24) is 5.32 Å². The van der Waals surface area contributed by atoms with Crippen LogP contribution >= 0.6 is 11.6 Å². The second kappa shape index (κ2) is 9.51. The van der Waals surface area contributed by atoms with Crippen LogP contribution in [0.4, 0.5) is 13.2 Å². The Bertz CT molecular complexity index is 652. The molecule has 1 atom stereocenters. The van der Waals surface area contributed by atoms with Gasteiger partial charge in [0.1, 0.15) is 6.04 Å². The highest BCUT2D eigenvalue weighted by Gasteiger charge is 2.36. The number of rotatable bonds is 9. The fourth-order valence-electron chi connectivity index (χ4n) is 1.98. The molecule has 0 aliphatic rings. The monoisotopic (exact) mass is 397 g/mol. The predicted molar refractivity (Wildman–Crippen MR) is 88.0 cm³/mol. The van der Waals surface area contributed by atoms with Gasteiger partial charge in [-0.1, -0.05) is 18.5 Å². The number of benzene rings is 1. The molecule has 1 aromatic carbocycles. The van der Waals surface area contributed by atoms with E-state index < -0.39 is 30.5 Å². The summed E-state index contributed by atoms with van der Waals surface area (Å²) in [7, 11) is 0. The molecular weight excluding hydrogens is 379 g/mol. The summed E-state index contributed by atoms with van der Waals surface area (Å²) in [4.78, 5) is 23.1. The second-order valence-electron chi connectivity index (χ2n) is 5.25. The Morgan fingerprint density at radius 1 is 1.27 bits per heavy atom. The Hall–Kier alpha value is -2.16. The Morgan fingerprint density at radius 3 is 2.42 bits per heavy atom. The maximum absolute atomic E-state index is 12.4. The third kappa shape index (κ3) is 6.62. The summed E-state index contributed by atoms with van der Waals surface area (Å²) < 4.78 is 48.2. The summed E-state index contributed by atoms with van der Waals surface area (Å²) in [6, 6.07) is 0.298. The summed E-state index contributed by atoms with van der Waals surface area (Å²) in [6.07, 6.45) is -5.75. The van der Waals surface area contributed by atoms with Gasteiger partial charge in [-0.2, -0.15) is 13.2 Å². The summed E-state index contributed by atoms with van der Waals surface area (Å²) in [6.45, 7) is 4.14. The Kier molecular flexibility index (Phi) is 8.01. The highest BCUT2D eigenvalue weighted by Crippen LogP contribution is 2.37. The first-order valence-electron chi connectivity index (χ1n) is 7.78. The molecule has 0 aromatic heterocycles. The first kappa shape index (κ1) is 21.9. The van der Waals surface area contributed by atoms with E-state index in [1.807, 2.05) is 12.2 Å². The van der Waals surface area contributed by atoms with E-state index in [9.17, 15) is 22.8 Å². The smallest absolute Gasteiger partial charge is 0.391 e. The van der Waals surface area contributed by atoms with Gasteiger partial charge in [0.2, 0.25) is 0 Å². The molecule has 0 fully saturated rings. The standard InChI is InChI=1S/C16H19ClF3NO5/c1-3-5-26-13-10(17)6-9(7-12(13)25-4-2)14(22)21-11(15(23)24)8-16(18,19)20/h6-7,11H,3-5,8H2,1-2H3,(H,21,22)(H,23,24). The van der Waals surface area contributed by atoms with Gasteiger partial charge in [-0.15, -0.1) is 0 Å². The summed E-state index contributed by atoms with van der Waals surface area (Å²) in [5.41, 5.74) is -0.143. The van der Waals surface area contributed by atoms with Crippen molar-refractivity contribution in [3.63, 3.8) is 0 Å². The minimum atomic E-state index is -4.75. The Balaban J connectivity index is 3.09. The Labute approximate surface area is 153 Å². The number of aliphatic carboxylic acids is 1. The lowest BCUT2D eigenvalue weighted by atomic mass is 10.1. The molecule has 1 unspecified atom stereocenters. The maximum Gasteiger partial charge on any atom is 0.391 e. The third-order valence-corrected chi connectivity index (χ3v) is 3.34. The summed E-state index contributed by atoms with van der Waals surface area (Å²) >= 11 is 6.07. The van der Waals surface area contributed by atoms with Crippen molar-refractivity contribution in [3.8, 4) is 11.5 Å². The molecule has 0 aliphatic carbocycles. The van der Waals surface area contributed by atoms with E-state index in [1.54, 1.807) is 6.92 Å². The van der Waals surface area contributed by atoms with E-state index in [0.717, 1.165) is 0 Å². The first-order valence-corrected chi connectivity index (χ1v) is 8.16. The highest BCUT2D eigenvalue weighted by molar-refractivity contribution is 6.32. The summed E-state index contributed by atoms with van der Waals surface area (Å²) in [5, 5.41) is 10.7. The largest absolute Gasteiger partial charge is 0.490 e. The molecule has 1 rings (SSSR count). The molecule has 0 bridgehead atoms. The number of carboxylic acids is 1. The second-order valence-corrected chi connectivity index (χ2v) is 5.66. The van der Waals surface area contributed by atoms with Crippen molar-refractivity contribution in [2.45, 2.75) is 38.9 Å². The van der Waals surface area contributed by atoms with Crippen molar-refractivity contribution in [2.75, 3.05) is 13.2 Å². The van der Waals surface area contributed by atoms with Gasteiger partial charge in [-0.05, 0) is 25.5 Å². The molecule has 0 saturated carbocycles. The van der Waals surface area contributed by atoms with Gasteiger partial charge in [0.25, 0.3) is 5.91 Å². The van der Waals surface area contributed by atoms with Crippen molar-refractivity contribution < 1.29 is 37.3 Å². The fraction of sp³-hybridized carbons (Fsp3) is 0.500. The molecule has 6 nitrogen and oxygen atoms in total. The molecule has 26 heavy (non-hydrogen) atoms. The minimum absolute atomic E-state index is 0.0252. The van der Waals surface area contributed by atoms with Crippen molar-refractivity contribution in [3.05, 3.63) is 22.7 Å². The van der Waals surface area contributed by atoms with Crippen molar-refractivity contribution in [1.29, 1.82) is 0 Å². The van der Waals surface area contributed by atoms with Crippen LogP contribution in [-0.2, 0) is 4.79 Å². The molecule has 0 saturated heterocycles. The lowest BCUT2D eigenvalue weighted by Gasteiger charge is -2.18. The van der Waals surface area contributed by atoms with Crippen molar-refractivity contribution >= 4 is 23.5 Å². The molecular formula is C16H19ClF3NO5. The average Bonchev–Trinajstić information content (AvgIpc) is 2.52. The van der Waals surface area contributed by atoms with Crippen LogP contribution in [0, 0.1) is 0 Å².